The number of carbonyl (C=O) groups excluding carboxylic acids is 1. The molecule has 29 heavy (non-hydrogen) atoms. The molecule has 6 rings (SSSR count). The number of hydrogen-bond acceptors (Lipinski definition) is 15. The second kappa shape index (κ2) is 4.62. The minimum atomic E-state index is -5.12. The molecule has 1 saturated carbocycles. The van der Waals surface area contributed by atoms with Crippen LogP contribution in [0.3, 0.4) is 0 Å². The van der Waals surface area contributed by atoms with Crippen molar-refractivity contribution in [2.75, 3.05) is 0 Å². The minimum Gasteiger partial charge on any atom is -0.372 e. The van der Waals surface area contributed by atoms with Crippen LogP contribution in [0.25, 0.3) is 0 Å². The van der Waals surface area contributed by atoms with Gasteiger partial charge in [0.25, 0.3) is 28.7 Å². The summed E-state index contributed by atoms with van der Waals surface area (Å²) in [5.74, 6) is -18.8. The van der Waals surface area contributed by atoms with E-state index in [4.69, 9.17) is 4.52 Å². The van der Waals surface area contributed by atoms with Gasteiger partial charge in [-0.15, -0.1) is 12.9 Å². The molecule has 158 valence electrons. The van der Waals surface area contributed by atoms with E-state index in [1.54, 1.807) is 0 Å². The predicted octanol–water partition coefficient (Wildman–Crippen LogP) is -1.60. The number of fused-ring (bicyclic) bond motifs is 3. The molecule has 1 aliphatic carbocycles. The fraction of sp³-hybridized carbons (Fsp3) is 0.545. The van der Waals surface area contributed by atoms with Crippen LogP contribution in [0, 0.1) is 0 Å². The summed E-state index contributed by atoms with van der Waals surface area (Å²) in [7, 11) is -10.5. The molecule has 3 unspecified atom stereocenters. The van der Waals surface area contributed by atoms with Crippen molar-refractivity contribution < 1.29 is 71.6 Å². The van der Waals surface area contributed by atoms with Gasteiger partial charge in [0.05, 0.1) is 0 Å². The van der Waals surface area contributed by atoms with Gasteiger partial charge in [0.2, 0.25) is 5.78 Å². The zero-order chi connectivity index (χ0) is 20.9. The average Bonchev–Trinajstić information content (AvgIpc) is 3.36. The van der Waals surface area contributed by atoms with E-state index in [0.29, 0.717) is 0 Å². The first-order chi connectivity index (χ1) is 13.3. The van der Waals surface area contributed by atoms with Crippen LogP contribution in [0.1, 0.15) is 10.1 Å². The number of carbonyl (C=O) groups is 1. The van der Waals surface area contributed by atoms with Crippen molar-refractivity contribution in [2.45, 2.75) is 34.5 Å². The van der Waals surface area contributed by atoms with Crippen molar-refractivity contribution in [1.82, 2.24) is 0 Å². The van der Waals surface area contributed by atoms with Crippen molar-refractivity contribution >= 4 is 29.6 Å². The molecule has 4 aliphatic heterocycles. The number of Topliss-reactive ketones (excluding diaryl/α,β-unsaturated/α-hetero) is 1. The van der Waals surface area contributed by atoms with Crippen molar-refractivity contribution in [1.29, 1.82) is 0 Å². The van der Waals surface area contributed by atoms with Crippen LogP contribution in [0.4, 0.5) is 0 Å². The molecule has 0 radical (unpaired) electrons. The summed E-state index contributed by atoms with van der Waals surface area (Å²) >= 11 is 0. The maximum Gasteiger partial charge on any atom is 0.508 e. The average molecular weight is 474 g/mol. The van der Waals surface area contributed by atoms with Gasteiger partial charge in [-0.3, -0.25) is 4.79 Å². The van der Waals surface area contributed by atoms with Crippen LogP contribution >= 0.6 is 23.8 Å². The molecule has 4 bridgehead atoms. The molecule has 9 atom stereocenters. The van der Waals surface area contributed by atoms with E-state index in [1.165, 1.54) is 17.9 Å². The Hall–Kier alpha value is -0.570. The van der Waals surface area contributed by atoms with E-state index < -0.39 is 56.0 Å². The van der Waals surface area contributed by atoms with Crippen LogP contribution in [0.15, 0.2) is 17.9 Å². The smallest absolute Gasteiger partial charge is 0.372 e. The lowest BCUT2D eigenvalue weighted by molar-refractivity contribution is -0.585. The maximum absolute atomic E-state index is 13.3. The highest BCUT2D eigenvalue weighted by Gasteiger charge is 3.08. The summed E-state index contributed by atoms with van der Waals surface area (Å²) < 4.78 is 52.7. The van der Waals surface area contributed by atoms with Gasteiger partial charge in [-0.2, -0.15) is 4.89 Å². The Morgan fingerprint density at radius 1 is 0.862 bits per heavy atom. The molecule has 5 heterocycles. The first-order valence-corrected chi connectivity index (χ1v) is 11.7. The molecule has 1 aromatic rings. The molecule has 0 aromatic carbocycles. The van der Waals surface area contributed by atoms with E-state index in [0.717, 1.165) is 0 Å². The van der Waals surface area contributed by atoms with E-state index in [9.17, 15) is 39.5 Å². The Labute approximate surface area is 159 Å². The van der Waals surface area contributed by atoms with Crippen molar-refractivity contribution in [3.63, 3.8) is 0 Å². The predicted molar refractivity (Wildman–Crippen MR) is 80.6 cm³/mol. The van der Waals surface area contributed by atoms with Crippen molar-refractivity contribution in [3.8, 4) is 0 Å². The zero-order valence-corrected chi connectivity index (χ0v) is 16.2. The number of ketones is 1. The van der Waals surface area contributed by atoms with Crippen molar-refractivity contribution in [3.05, 3.63) is 23.2 Å². The van der Waals surface area contributed by atoms with Gasteiger partial charge < -0.3 is 25.5 Å². The summed E-state index contributed by atoms with van der Waals surface area (Å²) in [5.41, 5.74) is -3.82. The normalized spacial score (nSPS) is 62.1. The lowest BCUT2D eigenvalue weighted by Gasteiger charge is -2.61. The van der Waals surface area contributed by atoms with E-state index >= 15 is 0 Å². The number of phosphoric ester groups is 2. The largest absolute Gasteiger partial charge is 0.508 e. The second-order valence-electron chi connectivity index (χ2n) is 6.82. The maximum atomic E-state index is 13.3. The van der Waals surface area contributed by atoms with Crippen LogP contribution in [-0.4, -0.2) is 65.9 Å². The van der Waals surface area contributed by atoms with Crippen LogP contribution in [0.5, 0.6) is 0 Å². The highest BCUT2D eigenvalue weighted by Crippen LogP contribution is 2.87. The number of hydrogen-bond donors (Lipinski definition) is 5. The Morgan fingerprint density at radius 2 is 1.45 bits per heavy atom. The highest BCUT2D eigenvalue weighted by atomic mass is 31.2. The summed E-state index contributed by atoms with van der Waals surface area (Å²) in [4.78, 5) is 17.9. The topological polar surface area (TPSA) is 217 Å². The fourth-order valence-corrected chi connectivity index (χ4v) is 8.30. The standard InChI is InChI=1S/C11H9O15P3/c12-5(4-2-1-3-27-4)6(13)7(14)8(15)9(16,23-28(18,21-7)22-8)10(17)11(6)20-26-29(19,24-10)25-11/h1-3,13-17,27H/t6-,7-,8+,9+,10-,11-,28?,29?/m1/s1. The quantitative estimate of drug-likeness (QED) is 0.185. The molecule has 0 amide bonds. The second-order valence-corrected chi connectivity index (χ2v) is 10.8. The monoisotopic (exact) mass is 474 g/mol. The molecule has 5 aliphatic rings. The van der Waals surface area contributed by atoms with Crippen LogP contribution < -0.4 is 0 Å². The molecule has 18 heteroatoms. The molecular formula is C11H9O15P3. The third-order valence-corrected chi connectivity index (χ3v) is 9.18. The van der Waals surface area contributed by atoms with Gasteiger partial charge in [-0.05, 0) is 11.9 Å². The van der Waals surface area contributed by atoms with Gasteiger partial charge in [0.1, 0.15) is 0 Å². The Bertz CT molecular complexity index is 1090. The van der Waals surface area contributed by atoms with E-state index in [-0.39, 0.29) is 13.5 Å². The van der Waals surface area contributed by atoms with E-state index in [1.807, 2.05) is 0 Å². The summed E-state index contributed by atoms with van der Waals surface area (Å²) in [6.07, 6.45) is 0. The number of aliphatic hydroxyl groups is 5. The molecule has 5 fully saturated rings. The van der Waals surface area contributed by atoms with E-state index in [2.05, 4.69) is 27.7 Å². The number of phosphoric acid groups is 2. The van der Waals surface area contributed by atoms with Gasteiger partial charge in [0.15, 0.2) is 0 Å². The molecule has 4 saturated heterocycles. The van der Waals surface area contributed by atoms with Crippen LogP contribution in [0.2, 0.25) is 0 Å². The van der Waals surface area contributed by atoms with Gasteiger partial charge in [-0.25, -0.2) is 31.7 Å². The fourth-order valence-electron chi connectivity index (χ4n) is 4.13. The third kappa shape index (κ3) is 1.54. The summed E-state index contributed by atoms with van der Waals surface area (Å²) in [6.45, 7) is 0. The molecule has 5 N–H and O–H groups in total. The Balaban J connectivity index is 1.73. The lowest BCUT2D eigenvalue weighted by atomic mass is 9.62. The van der Waals surface area contributed by atoms with Gasteiger partial charge >= 0.3 is 21.4 Å². The lowest BCUT2D eigenvalue weighted by Crippen LogP contribution is -2.96. The SMILES string of the molecule is O=C(c1ccc[pH]1)[C@@]1(O)[C@@]2(O)OP3(=O)O[C@@](O)([C@@]2(O)O3)[C@@]2(O)OP3(=O)OO[C@]21O3. The molecule has 15 nitrogen and oxygen atoms in total. The third-order valence-electron chi connectivity index (χ3n) is 5.42. The Morgan fingerprint density at radius 3 is 2.00 bits per heavy atom. The molecular weight excluding hydrogens is 465 g/mol. The Kier molecular flexibility index (Phi) is 3.05. The first kappa shape index (κ1) is 19.1. The van der Waals surface area contributed by atoms with Gasteiger partial charge in [0, 0.05) is 5.30 Å². The highest BCUT2D eigenvalue weighted by molar-refractivity contribution is 7.49. The minimum absolute atomic E-state index is 0.224. The molecule has 1 aromatic heterocycles. The van der Waals surface area contributed by atoms with Crippen LogP contribution in [-0.2, 0) is 41.3 Å². The van der Waals surface area contributed by atoms with Gasteiger partial charge in [-0.1, -0.05) is 6.07 Å². The summed E-state index contributed by atoms with van der Waals surface area (Å²) in [5, 5.41) is 55.2. The van der Waals surface area contributed by atoms with Crippen molar-refractivity contribution in [2.24, 2.45) is 0 Å². The number of rotatable bonds is 2. The zero-order valence-electron chi connectivity index (χ0n) is 13.4. The first-order valence-electron chi connectivity index (χ1n) is 7.67. The summed E-state index contributed by atoms with van der Waals surface area (Å²) in [6, 6.07) is 2.60. The molecule has 1 spiro atoms.